The van der Waals surface area contributed by atoms with E-state index in [-0.39, 0.29) is 5.91 Å². The highest BCUT2D eigenvalue weighted by Crippen LogP contribution is 2.32. The maximum Gasteiger partial charge on any atom is 0.263 e. The number of carbonyl (C=O) groups excluding carboxylic acids is 1. The largest absolute Gasteiger partial charge is 0.341 e. The Morgan fingerprint density at radius 2 is 2.21 bits per heavy atom. The van der Waals surface area contributed by atoms with Gasteiger partial charge in [0.1, 0.15) is 0 Å². The zero-order valence-corrected chi connectivity index (χ0v) is 12.0. The molecule has 1 aromatic heterocycles. The summed E-state index contributed by atoms with van der Waals surface area (Å²) in [6.07, 6.45) is 0.982. The lowest BCUT2D eigenvalue weighted by Gasteiger charge is -2.14. The fraction of sp³-hybridized carbons (Fsp3) is 0.444. The van der Waals surface area contributed by atoms with Crippen molar-refractivity contribution in [1.82, 2.24) is 4.90 Å². The van der Waals surface area contributed by atoms with Crippen LogP contribution in [-0.4, -0.2) is 24.4 Å². The van der Waals surface area contributed by atoms with Gasteiger partial charge in [-0.15, -0.1) is 11.3 Å². The van der Waals surface area contributed by atoms with Crippen molar-refractivity contribution in [1.29, 1.82) is 0 Å². The monoisotopic (exact) mass is 339 g/mol. The fourth-order valence-corrected chi connectivity index (χ4v) is 3.11. The van der Waals surface area contributed by atoms with Gasteiger partial charge in [0.05, 0.1) is 8.66 Å². The zero-order valence-electron chi connectivity index (χ0n) is 8.01. The highest BCUT2D eigenvalue weighted by Gasteiger charge is 2.15. The van der Waals surface area contributed by atoms with Gasteiger partial charge in [0.15, 0.2) is 0 Å². The van der Waals surface area contributed by atoms with Crippen molar-refractivity contribution in [2.45, 2.75) is 13.3 Å². The van der Waals surface area contributed by atoms with Crippen LogP contribution < -0.4 is 0 Å². The minimum atomic E-state index is 0.0863. The van der Waals surface area contributed by atoms with Gasteiger partial charge in [0.2, 0.25) is 0 Å². The highest BCUT2D eigenvalue weighted by molar-refractivity contribution is 9.13. The van der Waals surface area contributed by atoms with Crippen molar-refractivity contribution in [3.8, 4) is 0 Å². The predicted molar refractivity (Wildman–Crippen MR) is 67.0 cm³/mol. The molecular weight excluding hydrogens is 330 g/mol. The molecule has 0 atom stereocenters. The normalized spacial score (nSPS) is 10.3. The molecule has 0 aliphatic carbocycles. The number of thiophene rings is 1. The molecule has 0 radical (unpaired) electrons. The Kier molecular flexibility index (Phi) is 4.60. The summed E-state index contributed by atoms with van der Waals surface area (Å²) in [6, 6.07) is 1.85. The molecule has 1 heterocycles. The molecule has 1 rings (SSSR count). The third-order valence-electron chi connectivity index (χ3n) is 1.76. The van der Waals surface area contributed by atoms with Crippen molar-refractivity contribution in [2.24, 2.45) is 0 Å². The molecule has 0 saturated heterocycles. The Morgan fingerprint density at radius 1 is 1.57 bits per heavy atom. The van der Waals surface area contributed by atoms with Crippen molar-refractivity contribution in [2.75, 3.05) is 13.6 Å². The lowest BCUT2D eigenvalue weighted by atomic mass is 10.4. The number of nitrogens with zero attached hydrogens (tertiary/aromatic N) is 1. The van der Waals surface area contributed by atoms with Crippen LogP contribution in [0.1, 0.15) is 23.0 Å². The Morgan fingerprint density at radius 3 is 2.64 bits per heavy atom. The van der Waals surface area contributed by atoms with E-state index < -0.39 is 0 Å². The van der Waals surface area contributed by atoms with E-state index in [1.165, 1.54) is 11.3 Å². The van der Waals surface area contributed by atoms with Crippen LogP contribution in [0.5, 0.6) is 0 Å². The molecule has 5 heteroatoms. The van der Waals surface area contributed by atoms with E-state index in [1.54, 1.807) is 4.90 Å². The standard InChI is InChI=1S/C9H11Br2NOS/c1-3-4-12(2)9(13)7-5-6(10)8(11)14-7/h5H,3-4H2,1-2H3. The average molecular weight is 341 g/mol. The number of carbonyl (C=O) groups is 1. The number of amides is 1. The van der Waals surface area contributed by atoms with E-state index in [9.17, 15) is 4.79 Å². The molecule has 78 valence electrons. The van der Waals surface area contributed by atoms with E-state index in [2.05, 4.69) is 38.8 Å². The van der Waals surface area contributed by atoms with Crippen LogP contribution in [0.25, 0.3) is 0 Å². The molecule has 1 amide bonds. The van der Waals surface area contributed by atoms with Gasteiger partial charge in [-0.1, -0.05) is 6.92 Å². The van der Waals surface area contributed by atoms with E-state index >= 15 is 0 Å². The molecule has 0 aliphatic rings. The Bertz CT molecular complexity index is 318. The smallest absolute Gasteiger partial charge is 0.263 e. The second kappa shape index (κ2) is 5.28. The summed E-state index contributed by atoms with van der Waals surface area (Å²) in [6.45, 7) is 2.86. The summed E-state index contributed by atoms with van der Waals surface area (Å²) < 4.78 is 1.90. The van der Waals surface area contributed by atoms with Crippen molar-refractivity contribution < 1.29 is 4.79 Å². The lowest BCUT2D eigenvalue weighted by Crippen LogP contribution is -2.26. The summed E-state index contributed by atoms with van der Waals surface area (Å²) in [5, 5.41) is 0. The van der Waals surface area contributed by atoms with Crippen LogP contribution in [0.15, 0.2) is 14.3 Å². The van der Waals surface area contributed by atoms with Crippen LogP contribution in [0, 0.1) is 0 Å². The van der Waals surface area contributed by atoms with Gasteiger partial charge < -0.3 is 4.90 Å². The fourth-order valence-electron chi connectivity index (χ4n) is 1.08. The summed E-state index contributed by atoms with van der Waals surface area (Å²) in [5.41, 5.74) is 0. The second-order valence-electron chi connectivity index (χ2n) is 2.96. The predicted octanol–water partition coefficient (Wildman–Crippen LogP) is 3.76. The third-order valence-corrected chi connectivity index (χ3v) is 5.01. The maximum absolute atomic E-state index is 11.8. The van der Waals surface area contributed by atoms with Crippen LogP contribution in [-0.2, 0) is 0 Å². The van der Waals surface area contributed by atoms with Gasteiger partial charge in [0, 0.05) is 18.1 Å². The quantitative estimate of drug-likeness (QED) is 0.820. The van der Waals surface area contributed by atoms with Gasteiger partial charge in [-0.05, 0) is 44.3 Å². The molecular formula is C9H11Br2NOS. The minimum Gasteiger partial charge on any atom is -0.341 e. The molecule has 14 heavy (non-hydrogen) atoms. The molecule has 1 aromatic rings. The minimum absolute atomic E-state index is 0.0863. The number of hydrogen-bond donors (Lipinski definition) is 0. The van der Waals surface area contributed by atoms with Crippen molar-refractivity contribution in [3.05, 3.63) is 19.2 Å². The summed E-state index contributed by atoms with van der Waals surface area (Å²) in [5.74, 6) is 0.0863. The molecule has 0 bridgehead atoms. The Labute approximate surface area is 105 Å². The van der Waals surface area contributed by atoms with E-state index in [0.717, 1.165) is 26.1 Å². The summed E-state index contributed by atoms with van der Waals surface area (Å²) >= 11 is 8.19. The molecule has 0 aliphatic heterocycles. The molecule has 0 unspecified atom stereocenters. The SMILES string of the molecule is CCCN(C)C(=O)c1cc(Br)c(Br)s1. The van der Waals surface area contributed by atoms with Crippen LogP contribution in [0.3, 0.4) is 0 Å². The van der Waals surface area contributed by atoms with E-state index in [4.69, 9.17) is 0 Å². The first-order valence-corrected chi connectivity index (χ1v) is 6.66. The number of halogens is 2. The van der Waals surface area contributed by atoms with Crippen molar-refractivity contribution in [3.63, 3.8) is 0 Å². The van der Waals surface area contributed by atoms with Gasteiger partial charge in [-0.25, -0.2) is 0 Å². The first kappa shape index (κ1) is 12.2. The zero-order chi connectivity index (χ0) is 10.7. The molecule has 0 fully saturated rings. The molecule has 0 aromatic carbocycles. The average Bonchev–Trinajstić information content (AvgIpc) is 2.46. The Balaban J connectivity index is 2.79. The molecule has 0 N–H and O–H groups in total. The lowest BCUT2D eigenvalue weighted by molar-refractivity contribution is 0.0800. The maximum atomic E-state index is 11.8. The highest BCUT2D eigenvalue weighted by atomic mass is 79.9. The molecule has 0 saturated carbocycles. The van der Waals surface area contributed by atoms with Gasteiger partial charge >= 0.3 is 0 Å². The first-order chi connectivity index (χ1) is 6.56. The van der Waals surface area contributed by atoms with E-state index in [1.807, 2.05) is 13.1 Å². The number of rotatable bonds is 3. The van der Waals surface area contributed by atoms with E-state index in [0.29, 0.717) is 0 Å². The van der Waals surface area contributed by atoms with Gasteiger partial charge in [0.25, 0.3) is 5.91 Å². The molecule has 0 spiro atoms. The van der Waals surface area contributed by atoms with Crippen LogP contribution in [0.4, 0.5) is 0 Å². The second-order valence-corrected chi connectivity index (χ2v) is 6.18. The number of hydrogen-bond acceptors (Lipinski definition) is 2. The molecule has 2 nitrogen and oxygen atoms in total. The summed E-state index contributed by atoms with van der Waals surface area (Å²) in [4.78, 5) is 14.3. The van der Waals surface area contributed by atoms with Crippen LogP contribution in [0.2, 0.25) is 0 Å². The third kappa shape index (κ3) is 2.81. The topological polar surface area (TPSA) is 20.3 Å². The van der Waals surface area contributed by atoms with Crippen molar-refractivity contribution >= 4 is 49.1 Å². The first-order valence-electron chi connectivity index (χ1n) is 4.26. The van der Waals surface area contributed by atoms with Crippen LogP contribution >= 0.6 is 43.2 Å². The Hall–Kier alpha value is 0.130. The summed E-state index contributed by atoms with van der Waals surface area (Å²) in [7, 11) is 1.83. The van der Waals surface area contributed by atoms with Gasteiger partial charge in [-0.2, -0.15) is 0 Å². The van der Waals surface area contributed by atoms with Gasteiger partial charge in [-0.3, -0.25) is 4.79 Å².